The molecule has 0 aromatic carbocycles. The second-order valence-electron chi connectivity index (χ2n) is 2.14. The van der Waals surface area contributed by atoms with E-state index >= 15 is 0 Å². The Kier molecular flexibility index (Phi) is 4.94. The van der Waals surface area contributed by atoms with Gasteiger partial charge in [0.15, 0.2) is 0 Å². The molecule has 0 atom stereocenters. The van der Waals surface area contributed by atoms with Crippen molar-refractivity contribution in [2.75, 3.05) is 6.73 Å². The molecule has 0 aromatic rings. The summed E-state index contributed by atoms with van der Waals surface area (Å²) in [5, 5.41) is 0. The van der Waals surface area contributed by atoms with Crippen LogP contribution in [0.5, 0.6) is 0 Å². The molecule has 0 fully saturated rings. The molecule has 3 heteroatoms. The van der Waals surface area contributed by atoms with Gasteiger partial charge < -0.3 is 4.74 Å². The van der Waals surface area contributed by atoms with Gasteiger partial charge in [0.25, 0.3) is 0 Å². The summed E-state index contributed by atoms with van der Waals surface area (Å²) in [6.45, 7) is 3.92. The highest BCUT2D eigenvalue weighted by atomic mass is 16.5. The zero-order valence-electron chi connectivity index (χ0n) is 6.59. The van der Waals surface area contributed by atoms with Crippen molar-refractivity contribution in [1.82, 2.24) is 0 Å². The number of rotatable bonds is 4. The number of carbonyl (C=O) groups excluding carboxylic acids is 1. The van der Waals surface area contributed by atoms with Crippen LogP contribution in [0.4, 0.5) is 0 Å². The molecule has 0 saturated carbocycles. The van der Waals surface area contributed by atoms with Gasteiger partial charge in [0, 0.05) is 0 Å². The standard InChI is InChI=1S/C7H15NO2/c1-3-6(4-2)7(9)10-5-8/h6H,3-5,8H2,1-2H3. The number of hydrogen-bond donors (Lipinski definition) is 1. The molecule has 0 rings (SSSR count). The summed E-state index contributed by atoms with van der Waals surface area (Å²) in [6, 6.07) is 0. The maximum absolute atomic E-state index is 10.9. The van der Waals surface area contributed by atoms with Crippen LogP contribution in [0.3, 0.4) is 0 Å². The van der Waals surface area contributed by atoms with Gasteiger partial charge in [0.1, 0.15) is 6.73 Å². The first-order valence-electron chi connectivity index (χ1n) is 3.62. The Labute approximate surface area is 61.5 Å². The van der Waals surface area contributed by atoms with E-state index in [1.807, 2.05) is 13.8 Å². The van der Waals surface area contributed by atoms with Crippen molar-refractivity contribution in [3.63, 3.8) is 0 Å². The zero-order chi connectivity index (χ0) is 7.98. The van der Waals surface area contributed by atoms with Crippen LogP contribution in [0.15, 0.2) is 0 Å². The number of esters is 1. The van der Waals surface area contributed by atoms with Gasteiger partial charge in [-0.15, -0.1) is 0 Å². The normalized spacial score (nSPS) is 10.0. The summed E-state index contributed by atoms with van der Waals surface area (Å²) >= 11 is 0. The maximum atomic E-state index is 10.9. The minimum Gasteiger partial charge on any atom is -0.450 e. The first-order valence-corrected chi connectivity index (χ1v) is 3.62. The summed E-state index contributed by atoms with van der Waals surface area (Å²) in [5.41, 5.74) is 5.03. The summed E-state index contributed by atoms with van der Waals surface area (Å²) < 4.78 is 4.62. The molecule has 0 bridgehead atoms. The lowest BCUT2D eigenvalue weighted by atomic mass is 10.0. The molecule has 3 nitrogen and oxygen atoms in total. The van der Waals surface area contributed by atoms with E-state index in [-0.39, 0.29) is 18.6 Å². The van der Waals surface area contributed by atoms with Gasteiger partial charge in [-0.05, 0) is 12.8 Å². The molecule has 60 valence electrons. The lowest BCUT2D eigenvalue weighted by Crippen LogP contribution is -2.19. The minimum atomic E-state index is -0.174. The van der Waals surface area contributed by atoms with Crippen LogP contribution in [0, 0.1) is 5.92 Å². The summed E-state index contributed by atoms with van der Waals surface area (Å²) in [6.07, 6.45) is 1.66. The average Bonchev–Trinajstić information content (AvgIpc) is 1.91. The van der Waals surface area contributed by atoms with Gasteiger partial charge in [0.05, 0.1) is 5.92 Å². The second kappa shape index (κ2) is 5.23. The van der Waals surface area contributed by atoms with Gasteiger partial charge in [-0.25, -0.2) is 0 Å². The van der Waals surface area contributed by atoms with E-state index in [4.69, 9.17) is 5.73 Å². The monoisotopic (exact) mass is 145 g/mol. The van der Waals surface area contributed by atoms with Crippen LogP contribution in [-0.4, -0.2) is 12.7 Å². The molecule has 0 spiro atoms. The number of nitrogens with two attached hydrogens (primary N) is 1. The Morgan fingerprint density at radius 3 is 2.30 bits per heavy atom. The van der Waals surface area contributed by atoms with E-state index in [9.17, 15) is 4.79 Å². The van der Waals surface area contributed by atoms with Crippen LogP contribution in [0.2, 0.25) is 0 Å². The van der Waals surface area contributed by atoms with E-state index in [1.165, 1.54) is 0 Å². The third-order valence-electron chi connectivity index (χ3n) is 1.54. The quantitative estimate of drug-likeness (QED) is 0.472. The van der Waals surface area contributed by atoms with Crippen molar-refractivity contribution in [3.05, 3.63) is 0 Å². The minimum absolute atomic E-state index is 0.00463. The van der Waals surface area contributed by atoms with Crippen LogP contribution in [-0.2, 0) is 9.53 Å². The van der Waals surface area contributed by atoms with Crippen molar-refractivity contribution < 1.29 is 9.53 Å². The van der Waals surface area contributed by atoms with Gasteiger partial charge in [-0.1, -0.05) is 13.8 Å². The maximum Gasteiger partial charge on any atom is 0.310 e. The van der Waals surface area contributed by atoms with E-state index in [1.54, 1.807) is 0 Å². The molecular formula is C7H15NO2. The van der Waals surface area contributed by atoms with Crippen LogP contribution >= 0.6 is 0 Å². The van der Waals surface area contributed by atoms with Gasteiger partial charge in [-0.3, -0.25) is 10.5 Å². The summed E-state index contributed by atoms with van der Waals surface area (Å²) in [5.74, 6) is -0.143. The molecule has 10 heavy (non-hydrogen) atoms. The highest BCUT2D eigenvalue weighted by Crippen LogP contribution is 2.08. The van der Waals surface area contributed by atoms with E-state index in [0.717, 1.165) is 12.8 Å². The Hall–Kier alpha value is -0.570. The topological polar surface area (TPSA) is 52.3 Å². The van der Waals surface area contributed by atoms with E-state index in [0.29, 0.717) is 0 Å². The van der Waals surface area contributed by atoms with E-state index in [2.05, 4.69) is 4.74 Å². The molecule has 0 amide bonds. The van der Waals surface area contributed by atoms with Gasteiger partial charge >= 0.3 is 5.97 Å². The van der Waals surface area contributed by atoms with Crippen LogP contribution < -0.4 is 5.73 Å². The van der Waals surface area contributed by atoms with Crippen molar-refractivity contribution in [1.29, 1.82) is 0 Å². The largest absolute Gasteiger partial charge is 0.450 e. The molecule has 0 radical (unpaired) electrons. The fourth-order valence-corrected chi connectivity index (χ4v) is 0.822. The molecular weight excluding hydrogens is 130 g/mol. The Morgan fingerprint density at radius 2 is 2.00 bits per heavy atom. The third kappa shape index (κ3) is 2.82. The molecule has 0 aromatic heterocycles. The summed E-state index contributed by atoms with van der Waals surface area (Å²) in [7, 11) is 0. The highest BCUT2D eigenvalue weighted by Gasteiger charge is 2.14. The predicted octanol–water partition coefficient (Wildman–Crippen LogP) is 0.882. The van der Waals surface area contributed by atoms with Crippen LogP contribution in [0.25, 0.3) is 0 Å². The molecule has 2 N–H and O–H groups in total. The lowest BCUT2D eigenvalue weighted by molar-refractivity contribution is -0.148. The molecule has 0 heterocycles. The van der Waals surface area contributed by atoms with Crippen molar-refractivity contribution >= 4 is 5.97 Å². The molecule has 0 aliphatic rings. The van der Waals surface area contributed by atoms with Gasteiger partial charge in [-0.2, -0.15) is 0 Å². The Bertz CT molecular complexity index is 99.8. The zero-order valence-corrected chi connectivity index (χ0v) is 6.59. The van der Waals surface area contributed by atoms with Crippen molar-refractivity contribution in [2.45, 2.75) is 26.7 Å². The predicted molar refractivity (Wildman–Crippen MR) is 39.2 cm³/mol. The van der Waals surface area contributed by atoms with Crippen molar-refractivity contribution in [3.8, 4) is 0 Å². The number of ether oxygens (including phenoxy) is 1. The third-order valence-corrected chi connectivity index (χ3v) is 1.54. The average molecular weight is 145 g/mol. The Morgan fingerprint density at radius 1 is 1.50 bits per heavy atom. The molecule has 0 aliphatic carbocycles. The smallest absolute Gasteiger partial charge is 0.310 e. The second-order valence-corrected chi connectivity index (χ2v) is 2.14. The summed E-state index contributed by atoms with van der Waals surface area (Å²) in [4.78, 5) is 10.9. The fourth-order valence-electron chi connectivity index (χ4n) is 0.822. The highest BCUT2D eigenvalue weighted by molar-refractivity contribution is 5.72. The van der Waals surface area contributed by atoms with Crippen LogP contribution in [0.1, 0.15) is 26.7 Å². The number of hydrogen-bond acceptors (Lipinski definition) is 3. The first-order chi connectivity index (χ1) is 4.76. The SMILES string of the molecule is CCC(CC)C(=O)OCN. The fraction of sp³-hybridized carbons (Fsp3) is 0.857. The first kappa shape index (κ1) is 9.43. The lowest BCUT2D eigenvalue weighted by Gasteiger charge is -2.09. The molecule has 0 unspecified atom stereocenters. The Balaban J connectivity index is 3.65. The van der Waals surface area contributed by atoms with Crippen molar-refractivity contribution in [2.24, 2.45) is 11.7 Å². The number of carbonyl (C=O) groups is 1. The molecule has 0 saturated heterocycles. The van der Waals surface area contributed by atoms with Gasteiger partial charge in [0.2, 0.25) is 0 Å². The van der Waals surface area contributed by atoms with E-state index < -0.39 is 0 Å². The molecule has 0 aliphatic heterocycles.